The van der Waals surface area contributed by atoms with E-state index in [4.69, 9.17) is 15.0 Å². The molecule has 0 aliphatic heterocycles. The number of carboxylic acid groups (broad SMARTS) is 2. The van der Waals surface area contributed by atoms with E-state index < -0.39 is 6.16 Å². The van der Waals surface area contributed by atoms with E-state index in [1.807, 2.05) is 0 Å². The Balaban J connectivity index is -0.000000142. The van der Waals surface area contributed by atoms with Crippen molar-refractivity contribution in [3.8, 4) is 0 Å². The molecule has 0 saturated heterocycles. The average molecular weight is 200 g/mol. The molecular weight excluding hydrogens is 191 g/mol. The van der Waals surface area contributed by atoms with Gasteiger partial charge in [0.1, 0.15) is 11.6 Å². The zero-order chi connectivity index (χ0) is 9.44. The van der Waals surface area contributed by atoms with Crippen molar-refractivity contribution in [3.63, 3.8) is 0 Å². The van der Waals surface area contributed by atoms with E-state index in [0.29, 0.717) is 0 Å². The van der Waals surface area contributed by atoms with E-state index in [0.717, 1.165) is 0 Å². The molecule has 0 aromatic rings. The van der Waals surface area contributed by atoms with E-state index in [1.54, 1.807) is 0 Å². The Bertz CT molecular complexity index is 149. The van der Waals surface area contributed by atoms with E-state index in [1.165, 1.54) is 13.8 Å². The summed E-state index contributed by atoms with van der Waals surface area (Å²) in [6, 6.07) is 0. The first-order chi connectivity index (χ1) is 4.86. The van der Waals surface area contributed by atoms with E-state index in [9.17, 15) is 9.59 Å². The van der Waals surface area contributed by atoms with Gasteiger partial charge >= 0.3 is 51.4 Å². The number of ketones is 2. The van der Waals surface area contributed by atoms with Crippen molar-refractivity contribution in [1.29, 1.82) is 0 Å². The van der Waals surface area contributed by atoms with Gasteiger partial charge in [-0.2, -0.15) is 0 Å². The molecule has 0 radical (unpaired) electrons. The van der Waals surface area contributed by atoms with Crippen LogP contribution in [0.1, 0.15) is 20.3 Å². The molecule has 0 aliphatic rings. The smallest absolute Gasteiger partial charge is 0.565 e. The van der Waals surface area contributed by atoms with Gasteiger partial charge in [0.15, 0.2) is 0 Å². The fourth-order valence-electron chi connectivity index (χ4n) is 0.351. The molecule has 6 heteroatoms. The third-order valence-electron chi connectivity index (χ3n) is 0.498. The average Bonchev–Trinajstić information content (AvgIpc) is 1.56. The Labute approximate surface area is 113 Å². The molecule has 0 bridgehead atoms. The minimum absolute atomic E-state index is 0. The normalized spacial score (nSPS) is 6.83. The Morgan fingerprint density at radius 3 is 1.33 bits per heavy atom. The van der Waals surface area contributed by atoms with E-state index in [-0.39, 0.29) is 69.4 Å². The van der Waals surface area contributed by atoms with E-state index >= 15 is 0 Å². The van der Waals surface area contributed by atoms with Crippen molar-refractivity contribution in [2.45, 2.75) is 20.3 Å². The number of carbonyl (C=O) groups excluding carboxylic acids is 2. The fourth-order valence-corrected chi connectivity index (χ4v) is 0.351. The van der Waals surface area contributed by atoms with Crippen LogP contribution in [0, 0.1) is 0 Å². The second kappa shape index (κ2) is 11.2. The number of carbonyl (C=O) groups is 3. The number of Topliss-reactive ketones (excluding diaryl/α,β-unsaturated/α-hetero) is 2. The molecular formula is C6H9KO5. The quantitative estimate of drug-likeness (QED) is 0.368. The summed E-state index contributed by atoms with van der Waals surface area (Å²) in [4.78, 5) is 28.5. The van der Waals surface area contributed by atoms with Gasteiger partial charge in [-0.1, -0.05) is 0 Å². The number of hydrogen-bond acceptors (Lipinski definition) is 4. The van der Waals surface area contributed by atoms with Crippen molar-refractivity contribution in [3.05, 3.63) is 0 Å². The van der Waals surface area contributed by atoms with Crippen LogP contribution in [0.3, 0.4) is 0 Å². The molecule has 0 saturated carbocycles. The summed E-state index contributed by atoms with van der Waals surface area (Å²) in [5, 5.41) is 15.3. The first-order valence-electron chi connectivity index (χ1n) is 2.75. The third kappa shape index (κ3) is 48.6. The van der Waals surface area contributed by atoms with Crippen LogP contribution >= 0.6 is 0 Å². The summed E-state index contributed by atoms with van der Waals surface area (Å²) in [5.41, 5.74) is 0. The zero-order valence-corrected chi connectivity index (χ0v) is 10.4. The van der Waals surface area contributed by atoms with Crippen molar-refractivity contribution < 1.29 is 76.0 Å². The van der Waals surface area contributed by atoms with Crippen LogP contribution in [0.25, 0.3) is 0 Å². The van der Waals surface area contributed by atoms with Crippen molar-refractivity contribution in [1.82, 2.24) is 0 Å². The Morgan fingerprint density at radius 1 is 1.17 bits per heavy atom. The molecule has 1 N–H and O–H groups in total. The van der Waals surface area contributed by atoms with Gasteiger partial charge in [-0.25, -0.2) is 0 Å². The number of hydrogen-bond donors (Lipinski definition) is 1. The van der Waals surface area contributed by atoms with Gasteiger partial charge in [0.05, 0.1) is 6.42 Å². The summed E-state index contributed by atoms with van der Waals surface area (Å²) in [6.45, 7) is 2.81. The molecule has 64 valence electrons. The second-order valence-electron chi connectivity index (χ2n) is 1.85. The summed E-state index contributed by atoms with van der Waals surface area (Å²) in [5.74, 6) is -0.125. The summed E-state index contributed by atoms with van der Waals surface area (Å²) < 4.78 is 0. The SMILES string of the molecule is CC(=O)CC(C)=O.O=C([O-])O.[K+]. The molecule has 0 aromatic carbocycles. The molecule has 5 nitrogen and oxygen atoms in total. The predicted molar refractivity (Wildman–Crippen MR) is 34.0 cm³/mol. The minimum Gasteiger partial charge on any atom is -0.565 e. The molecule has 0 aromatic heterocycles. The molecule has 0 spiro atoms. The summed E-state index contributed by atoms with van der Waals surface area (Å²) in [7, 11) is 0. The molecule has 0 aliphatic carbocycles. The Morgan fingerprint density at radius 2 is 1.33 bits per heavy atom. The molecule has 0 heterocycles. The molecule has 0 atom stereocenters. The maximum absolute atomic E-state index is 10.0. The summed E-state index contributed by atoms with van der Waals surface area (Å²) >= 11 is 0. The van der Waals surface area contributed by atoms with Gasteiger partial charge < -0.3 is 15.0 Å². The first kappa shape index (κ1) is 18.1. The largest absolute Gasteiger partial charge is 1.00 e. The molecule has 0 fully saturated rings. The number of rotatable bonds is 2. The molecule has 0 rings (SSSR count). The van der Waals surface area contributed by atoms with Crippen LogP contribution in [-0.2, 0) is 9.59 Å². The van der Waals surface area contributed by atoms with Gasteiger partial charge in [-0.15, -0.1) is 0 Å². The topological polar surface area (TPSA) is 94.5 Å². The van der Waals surface area contributed by atoms with Gasteiger partial charge in [0.2, 0.25) is 6.16 Å². The Kier molecular flexibility index (Phi) is 17.0. The first-order valence-corrected chi connectivity index (χ1v) is 2.75. The van der Waals surface area contributed by atoms with Crippen LogP contribution in [0.2, 0.25) is 0 Å². The second-order valence-corrected chi connectivity index (χ2v) is 1.85. The van der Waals surface area contributed by atoms with Crippen molar-refractivity contribution in [2.75, 3.05) is 0 Å². The van der Waals surface area contributed by atoms with Crippen molar-refractivity contribution in [2.24, 2.45) is 0 Å². The zero-order valence-electron chi connectivity index (χ0n) is 7.29. The maximum atomic E-state index is 10.0. The van der Waals surface area contributed by atoms with Crippen LogP contribution in [-0.4, -0.2) is 22.8 Å². The van der Waals surface area contributed by atoms with Crippen LogP contribution in [0.5, 0.6) is 0 Å². The van der Waals surface area contributed by atoms with Gasteiger partial charge in [-0.05, 0) is 13.8 Å². The third-order valence-corrected chi connectivity index (χ3v) is 0.498. The van der Waals surface area contributed by atoms with Gasteiger partial charge in [-0.3, -0.25) is 9.59 Å². The van der Waals surface area contributed by atoms with Crippen LogP contribution in [0.15, 0.2) is 0 Å². The van der Waals surface area contributed by atoms with Crippen LogP contribution < -0.4 is 56.5 Å². The molecule has 0 amide bonds. The Hall–Kier alpha value is 0.246. The predicted octanol–water partition coefficient (Wildman–Crippen LogP) is -3.55. The molecule has 0 unspecified atom stereocenters. The standard InChI is InChI=1S/C5H8O2.CH2O3.K/c1-4(6)3-5(2)7;2-1(3)4;/h3H2,1-2H3;(H2,2,3,4);/q;;+1/p-1. The molecule has 12 heavy (non-hydrogen) atoms. The van der Waals surface area contributed by atoms with Gasteiger partial charge in [0.25, 0.3) is 0 Å². The maximum Gasteiger partial charge on any atom is 1.00 e. The monoisotopic (exact) mass is 200 g/mol. The fraction of sp³-hybridized carbons (Fsp3) is 0.500. The van der Waals surface area contributed by atoms with E-state index in [2.05, 4.69) is 0 Å². The van der Waals surface area contributed by atoms with Crippen molar-refractivity contribution >= 4 is 17.7 Å². The van der Waals surface area contributed by atoms with Crippen LogP contribution in [0.4, 0.5) is 4.79 Å². The summed E-state index contributed by atoms with van der Waals surface area (Å²) in [6.07, 6.45) is -2.00. The minimum atomic E-state index is -2.08. The van der Waals surface area contributed by atoms with Gasteiger partial charge in [0, 0.05) is 0 Å².